The molecule has 2 N–H and O–H groups in total. The highest BCUT2D eigenvalue weighted by atomic mass is 16.7. The molecule has 0 spiro atoms. The topological polar surface area (TPSA) is 91.8 Å². The molecule has 0 amide bonds. The zero-order chi connectivity index (χ0) is 11.4. The molecule has 3 fully saturated rings. The molecule has 0 aromatic heterocycles. The number of aliphatic hydroxyl groups is 2. The fourth-order valence-electron chi connectivity index (χ4n) is 2.25. The standard InChI is InChI=1S/C10H14O6/c1-3-2-4(11)5(12)6-7(15-6)8-9(16-8)10(13)14-3/h3-9,11-12H,2H2,1H3/t3-,4-,5?,6?,7?,8?,9?/m0/s1. The lowest BCUT2D eigenvalue weighted by Crippen LogP contribution is -2.37. The van der Waals surface area contributed by atoms with E-state index in [1.165, 1.54) is 0 Å². The van der Waals surface area contributed by atoms with Crippen molar-refractivity contribution in [2.45, 2.75) is 56.1 Å². The Morgan fingerprint density at radius 2 is 1.94 bits per heavy atom. The van der Waals surface area contributed by atoms with Crippen LogP contribution in [0.4, 0.5) is 0 Å². The van der Waals surface area contributed by atoms with Gasteiger partial charge in [-0.2, -0.15) is 0 Å². The number of carbonyl (C=O) groups is 1. The van der Waals surface area contributed by atoms with Crippen molar-refractivity contribution in [3.05, 3.63) is 0 Å². The number of hydrogen-bond donors (Lipinski definition) is 2. The summed E-state index contributed by atoms with van der Waals surface area (Å²) in [6.07, 6.45) is -3.67. The minimum Gasteiger partial charge on any atom is -0.461 e. The van der Waals surface area contributed by atoms with Gasteiger partial charge in [0.2, 0.25) is 0 Å². The maximum absolute atomic E-state index is 11.5. The van der Waals surface area contributed by atoms with E-state index in [-0.39, 0.29) is 18.6 Å². The predicted octanol–water partition coefficient (Wildman–Crippen LogP) is -1.42. The summed E-state index contributed by atoms with van der Waals surface area (Å²) in [5.74, 6) is -0.407. The largest absolute Gasteiger partial charge is 0.461 e. The molecule has 0 aromatic rings. The van der Waals surface area contributed by atoms with Crippen LogP contribution in [-0.2, 0) is 19.0 Å². The van der Waals surface area contributed by atoms with Gasteiger partial charge in [-0.05, 0) is 6.92 Å². The Morgan fingerprint density at radius 1 is 1.19 bits per heavy atom. The SMILES string of the molecule is C[C@H]1C[C@H](O)C(O)C2OC2C2OC2C(=O)O1. The van der Waals surface area contributed by atoms with E-state index >= 15 is 0 Å². The van der Waals surface area contributed by atoms with E-state index in [2.05, 4.69) is 0 Å². The van der Waals surface area contributed by atoms with Gasteiger partial charge in [-0.1, -0.05) is 0 Å². The molecule has 6 nitrogen and oxygen atoms in total. The van der Waals surface area contributed by atoms with Gasteiger partial charge in [0, 0.05) is 6.42 Å². The maximum atomic E-state index is 11.5. The molecule has 16 heavy (non-hydrogen) atoms. The van der Waals surface area contributed by atoms with Crippen molar-refractivity contribution in [3.8, 4) is 0 Å². The Hall–Kier alpha value is -0.690. The quantitative estimate of drug-likeness (QED) is 0.392. The van der Waals surface area contributed by atoms with Crippen LogP contribution in [0.2, 0.25) is 0 Å². The fraction of sp³-hybridized carbons (Fsp3) is 0.900. The van der Waals surface area contributed by atoms with Crippen LogP contribution in [0.15, 0.2) is 0 Å². The molecule has 5 unspecified atom stereocenters. The number of esters is 1. The first-order chi connectivity index (χ1) is 7.58. The highest BCUT2D eigenvalue weighted by Crippen LogP contribution is 2.42. The molecule has 0 aliphatic carbocycles. The Labute approximate surface area is 92.1 Å². The number of ether oxygens (including phenoxy) is 3. The van der Waals surface area contributed by atoms with E-state index in [0.717, 1.165) is 0 Å². The van der Waals surface area contributed by atoms with Crippen LogP contribution in [0.5, 0.6) is 0 Å². The molecule has 0 aromatic carbocycles. The molecule has 0 saturated carbocycles. The minimum absolute atomic E-state index is 0.205. The number of epoxide rings is 2. The van der Waals surface area contributed by atoms with Crippen molar-refractivity contribution in [2.24, 2.45) is 0 Å². The van der Waals surface area contributed by atoms with Gasteiger partial charge >= 0.3 is 5.97 Å². The molecule has 3 saturated heterocycles. The molecule has 3 aliphatic heterocycles. The molecule has 3 aliphatic rings. The summed E-state index contributed by atoms with van der Waals surface area (Å²) in [6.45, 7) is 1.68. The maximum Gasteiger partial charge on any atom is 0.338 e. The van der Waals surface area contributed by atoms with E-state index in [0.29, 0.717) is 0 Å². The van der Waals surface area contributed by atoms with Crippen LogP contribution in [0.3, 0.4) is 0 Å². The average molecular weight is 230 g/mol. The van der Waals surface area contributed by atoms with Gasteiger partial charge in [0.1, 0.15) is 30.5 Å². The van der Waals surface area contributed by atoms with Crippen molar-refractivity contribution >= 4 is 5.97 Å². The Kier molecular flexibility index (Phi) is 2.22. The van der Waals surface area contributed by atoms with Crippen LogP contribution in [-0.4, -0.2) is 58.9 Å². The summed E-state index contributed by atoms with van der Waals surface area (Å²) < 4.78 is 15.5. The Morgan fingerprint density at radius 3 is 2.69 bits per heavy atom. The second-order valence-electron chi connectivity index (χ2n) is 4.63. The highest BCUT2D eigenvalue weighted by Gasteiger charge is 2.63. The van der Waals surface area contributed by atoms with Gasteiger partial charge in [-0.15, -0.1) is 0 Å². The van der Waals surface area contributed by atoms with Crippen LogP contribution < -0.4 is 0 Å². The van der Waals surface area contributed by atoms with E-state index in [9.17, 15) is 15.0 Å². The Balaban J connectivity index is 1.75. The number of rotatable bonds is 0. The molecule has 90 valence electrons. The first kappa shape index (κ1) is 10.5. The second-order valence-corrected chi connectivity index (χ2v) is 4.63. The lowest BCUT2D eigenvalue weighted by atomic mass is 10.0. The van der Waals surface area contributed by atoms with Gasteiger partial charge in [-0.3, -0.25) is 0 Å². The monoisotopic (exact) mass is 230 g/mol. The van der Waals surface area contributed by atoms with Crippen molar-refractivity contribution < 1.29 is 29.2 Å². The van der Waals surface area contributed by atoms with Crippen LogP contribution in [0.25, 0.3) is 0 Å². The first-order valence-corrected chi connectivity index (χ1v) is 5.45. The molecule has 7 atom stereocenters. The average Bonchev–Trinajstić information content (AvgIpc) is 3.06. The van der Waals surface area contributed by atoms with Crippen molar-refractivity contribution in [1.82, 2.24) is 0 Å². The van der Waals surface area contributed by atoms with Gasteiger partial charge < -0.3 is 24.4 Å². The van der Waals surface area contributed by atoms with Gasteiger partial charge in [0.05, 0.1) is 6.10 Å². The zero-order valence-corrected chi connectivity index (χ0v) is 8.78. The number of hydrogen-bond acceptors (Lipinski definition) is 6. The molecule has 3 heterocycles. The summed E-state index contributed by atoms with van der Waals surface area (Å²) >= 11 is 0. The van der Waals surface area contributed by atoms with Crippen molar-refractivity contribution in [2.75, 3.05) is 0 Å². The van der Waals surface area contributed by atoms with Crippen LogP contribution in [0.1, 0.15) is 13.3 Å². The highest BCUT2D eigenvalue weighted by molar-refractivity contribution is 5.78. The second kappa shape index (κ2) is 3.40. The van der Waals surface area contributed by atoms with E-state index < -0.39 is 36.5 Å². The summed E-state index contributed by atoms with van der Waals surface area (Å²) in [6, 6.07) is 0. The number of cyclic esters (lactones) is 1. The van der Waals surface area contributed by atoms with Crippen LogP contribution in [0, 0.1) is 0 Å². The van der Waals surface area contributed by atoms with Crippen molar-refractivity contribution in [3.63, 3.8) is 0 Å². The molecule has 3 rings (SSSR count). The first-order valence-electron chi connectivity index (χ1n) is 5.45. The van der Waals surface area contributed by atoms with E-state index in [4.69, 9.17) is 14.2 Å². The fourth-order valence-corrected chi connectivity index (χ4v) is 2.25. The third-order valence-electron chi connectivity index (χ3n) is 3.26. The summed E-state index contributed by atoms with van der Waals surface area (Å²) in [4.78, 5) is 11.5. The molecule has 0 radical (unpaired) electrons. The third-order valence-corrected chi connectivity index (χ3v) is 3.26. The smallest absolute Gasteiger partial charge is 0.338 e. The lowest BCUT2D eigenvalue weighted by molar-refractivity contribution is -0.152. The van der Waals surface area contributed by atoms with E-state index in [1.807, 2.05) is 0 Å². The summed E-state index contributed by atoms with van der Waals surface area (Å²) in [7, 11) is 0. The minimum atomic E-state index is -0.937. The number of carbonyl (C=O) groups excluding carboxylic acids is 1. The van der Waals surface area contributed by atoms with Gasteiger partial charge in [0.25, 0.3) is 0 Å². The van der Waals surface area contributed by atoms with E-state index in [1.54, 1.807) is 6.92 Å². The number of fused-ring (bicyclic) bond motifs is 3. The predicted molar refractivity (Wildman–Crippen MR) is 49.5 cm³/mol. The van der Waals surface area contributed by atoms with Crippen LogP contribution >= 0.6 is 0 Å². The number of aliphatic hydroxyl groups excluding tert-OH is 2. The molecule has 6 heteroatoms. The summed E-state index contributed by atoms with van der Waals surface area (Å²) in [5, 5.41) is 19.4. The molecular formula is C10H14O6. The van der Waals surface area contributed by atoms with Crippen molar-refractivity contribution in [1.29, 1.82) is 0 Å². The Bertz CT molecular complexity index is 316. The normalized spacial score (nSPS) is 55.7. The van der Waals surface area contributed by atoms with Gasteiger partial charge in [-0.25, -0.2) is 4.79 Å². The third kappa shape index (κ3) is 1.62. The molecular weight excluding hydrogens is 216 g/mol. The van der Waals surface area contributed by atoms with Gasteiger partial charge in [0.15, 0.2) is 6.10 Å². The lowest BCUT2D eigenvalue weighted by Gasteiger charge is -2.20. The summed E-state index contributed by atoms with van der Waals surface area (Å²) in [5.41, 5.74) is 0. The molecule has 0 bridgehead atoms. The zero-order valence-electron chi connectivity index (χ0n) is 8.78.